The lowest BCUT2D eigenvalue weighted by Crippen LogP contribution is -2.18. The number of hydrogen-bond acceptors (Lipinski definition) is 5. The number of rotatable bonds is 9. The van der Waals surface area contributed by atoms with E-state index in [1.807, 2.05) is 30.5 Å². The van der Waals surface area contributed by atoms with E-state index in [0.29, 0.717) is 12.6 Å². The van der Waals surface area contributed by atoms with Crippen LogP contribution in [0, 0.1) is 11.8 Å². The Kier molecular flexibility index (Phi) is 9.87. The first kappa shape index (κ1) is 27.5. The van der Waals surface area contributed by atoms with Gasteiger partial charge in [-0.25, -0.2) is 0 Å². The molecule has 2 heterocycles. The molecule has 0 saturated heterocycles. The van der Waals surface area contributed by atoms with Crippen LogP contribution in [0.4, 0.5) is 0 Å². The van der Waals surface area contributed by atoms with Crippen LogP contribution in [0.25, 0.3) is 0 Å². The maximum atomic E-state index is 11.1. The molecule has 0 radical (unpaired) electrons. The highest BCUT2D eigenvalue weighted by molar-refractivity contribution is 5.69. The third kappa shape index (κ3) is 7.69. The Hall–Kier alpha value is -4.09. The SMILES string of the molecule is CC#CC(CC(=O)O)c1ccc(OCc2cccc(CN3Cc4cnn(C(C)C)c4C3)c2)cc1.O=CO. The van der Waals surface area contributed by atoms with Gasteiger partial charge in [-0.15, -0.1) is 5.92 Å². The number of benzene rings is 2. The van der Waals surface area contributed by atoms with Gasteiger partial charge in [0.1, 0.15) is 12.4 Å². The number of carboxylic acid groups (broad SMARTS) is 2. The normalized spacial score (nSPS) is 13.1. The summed E-state index contributed by atoms with van der Waals surface area (Å²) in [7, 11) is 0. The molecule has 2 N–H and O–H groups in total. The Morgan fingerprint density at radius 2 is 1.86 bits per heavy atom. The molecule has 0 saturated carbocycles. The zero-order valence-corrected chi connectivity index (χ0v) is 21.4. The summed E-state index contributed by atoms with van der Waals surface area (Å²) in [5, 5.41) is 20.5. The number of nitrogens with zero attached hydrogens (tertiary/aromatic N) is 3. The van der Waals surface area contributed by atoms with Gasteiger partial charge in [-0.2, -0.15) is 5.10 Å². The van der Waals surface area contributed by atoms with Gasteiger partial charge in [0.05, 0.1) is 24.2 Å². The van der Waals surface area contributed by atoms with E-state index < -0.39 is 5.97 Å². The van der Waals surface area contributed by atoms with Gasteiger partial charge in [-0.05, 0) is 49.6 Å². The monoisotopic (exact) mass is 503 g/mol. The van der Waals surface area contributed by atoms with E-state index in [4.69, 9.17) is 19.7 Å². The third-order valence-corrected chi connectivity index (χ3v) is 6.02. The van der Waals surface area contributed by atoms with Crippen LogP contribution >= 0.6 is 0 Å². The van der Waals surface area contributed by atoms with Crippen molar-refractivity contribution in [1.29, 1.82) is 0 Å². The van der Waals surface area contributed by atoms with E-state index in [0.717, 1.165) is 36.5 Å². The van der Waals surface area contributed by atoms with Crippen LogP contribution in [0.15, 0.2) is 54.7 Å². The summed E-state index contributed by atoms with van der Waals surface area (Å²) in [5.41, 5.74) is 5.92. The lowest BCUT2D eigenvalue weighted by Gasteiger charge is -2.17. The van der Waals surface area contributed by atoms with E-state index >= 15 is 0 Å². The smallest absolute Gasteiger partial charge is 0.304 e. The first-order valence-electron chi connectivity index (χ1n) is 12.1. The molecule has 0 spiro atoms. The van der Waals surface area contributed by atoms with Crippen LogP contribution in [0.2, 0.25) is 0 Å². The molecular weight excluding hydrogens is 470 g/mol. The molecule has 0 bridgehead atoms. The molecule has 0 aliphatic carbocycles. The molecule has 8 heteroatoms. The molecule has 1 aliphatic heterocycles. The zero-order chi connectivity index (χ0) is 26.8. The van der Waals surface area contributed by atoms with Crippen LogP contribution in [-0.4, -0.2) is 37.3 Å². The molecule has 3 aromatic rings. The van der Waals surface area contributed by atoms with Crippen molar-refractivity contribution in [3.05, 3.63) is 82.7 Å². The Morgan fingerprint density at radius 3 is 2.51 bits per heavy atom. The molecule has 194 valence electrons. The Bertz CT molecular complexity index is 1250. The minimum absolute atomic E-state index is 0.00827. The van der Waals surface area contributed by atoms with Crippen molar-refractivity contribution >= 4 is 12.4 Å². The predicted molar refractivity (Wildman–Crippen MR) is 140 cm³/mol. The molecule has 4 rings (SSSR count). The van der Waals surface area contributed by atoms with Crippen molar-refractivity contribution < 1.29 is 24.5 Å². The molecule has 0 amide bonds. The summed E-state index contributed by atoms with van der Waals surface area (Å²) >= 11 is 0. The van der Waals surface area contributed by atoms with Gasteiger partial charge >= 0.3 is 5.97 Å². The largest absolute Gasteiger partial charge is 0.489 e. The highest BCUT2D eigenvalue weighted by Crippen LogP contribution is 2.27. The van der Waals surface area contributed by atoms with Crippen molar-refractivity contribution in [2.24, 2.45) is 0 Å². The van der Waals surface area contributed by atoms with Crippen molar-refractivity contribution in [3.63, 3.8) is 0 Å². The van der Waals surface area contributed by atoms with E-state index in [-0.39, 0.29) is 18.8 Å². The quantitative estimate of drug-likeness (QED) is 0.318. The summed E-state index contributed by atoms with van der Waals surface area (Å²) in [6.07, 6.45) is 2.00. The van der Waals surface area contributed by atoms with Crippen molar-refractivity contribution in [1.82, 2.24) is 14.7 Å². The number of fused-ring (bicyclic) bond motifs is 1. The maximum absolute atomic E-state index is 11.1. The minimum Gasteiger partial charge on any atom is -0.489 e. The fourth-order valence-corrected chi connectivity index (χ4v) is 4.43. The van der Waals surface area contributed by atoms with Crippen LogP contribution < -0.4 is 4.74 Å². The fraction of sp³-hybridized carbons (Fsp3) is 0.345. The zero-order valence-electron chi connectivity index (χ0n) is 21.4. The minimum atomic E-state index is -0.854. The van der Waals surface area contributed by atoms with Gasteiger partial charge in [-0.3, -0.25) is 19.2 Å². The van der Waals surface area contributed by atoms with Crippen LogP contribution in [0.5, 0.6) is 5.75 Å². The molecule has 8 nitrogen and oxygen atoms in total. The first-order valence-corrected chi connectivity index (χ1v) is 12.1. The lowest BCUT2D eigenvalue weighted by atomic mass is 9.96. The van der Waals surface area contributed by atoms with Gasteiger partial charge in [0.15, 0.2) is 0 Å². The standard InChI is InChI=1S/C28H31N3O3.CH2O2/c1-4-6-24(14-28(32)33)23-9-11-26(12-10-23)34-19-22-8-5-7-21(13-22)16-30-17-25-15-29-31(20(2)3)27(25)18-30;2-1-3/h5,7-13,15,20,24H,14,16-19H2,1-3H3,(H,32,33);1H,(H,2,3). The second kappa shape index (κ2) is 13.3. The molecule has 1 unspecified atom stereocenters. The lowest BCUT2D eigenvalue weighted by molar-refractivity contribution is -0.137. The fourth-order valence-electron chi connectivity index (χ4n) is 4.43. The number of hydrogen-bond donors (Lipinski definition) is 2. The molecular formula is C29H33N3O5. The number of aromatic nitrogens is 2. The second-order valence-electron chi connectivity index (χ2n) is 9.13. The average Bonchev–Trinajstić information content (AvgIpc) is 3.43. The number of ether oxygens (including phenoxy) is 1. The molecule has 0 fully saturated rings. The number of carboxylic acids is 1. The molecule has 2 aromatic carbocycles. The molecule has 1 atom stereocenters. The Labute approximate surface area is 217 Å². The van der Waals surface area contributed by atoms with Crippen LogP contribution in [-0.2, 0) is 35.8 Å². The van der Waals surface area contributed by atoms with Gasteiger partial charge in [0.25, 0.3) is 6.47 Å². The van der Waals surface area contributed by atoms with Gasteiger partial charge < -0.3 is 14.9 Å². The second-order valence-corrected chi connectivity index (χ2v) is 9.13. The van der Waals surface area contributed by atoms with Crippen LogP contribution in [0.1, 0.15) is 67.1 Å². The number of carbonyl (C=O) groups is 2. The van der Waals surface area contributed by atoms with Crippen molar-refractivity contribution in [3.8, 4) is 17.6 Å². The summed E-state index contributed by atoms with van der Waals surface area (Å²) < 4.78 is 8.12. The van der Waals surface area contributed by atoms with E-state index in [1.54, 1.807) is 6.92 Å². The van der Waals surface area contributed by atoms with Gasteiger partial charge in [0.2, 0.25) is 0 Å². The Balaban J connectivity index is 0.00000121. The summed E-state index contributed by atoms with van der Waals surface area (Å²) in [6, 6.07) is 16.4. The van der Waals surface area contributed by atoms with Crippen molar-refractivity contribution in [2.45, 2.75) is 65.4 Å². The van der Waals surface area contributed by atoms with E-state index in [9.17, 15) is 4.79 Å². The third-order valence-electron chi connectivity index (χ3n) is 6.02. The maximum Gasteiger partial charge on any atom is 0.304 e. The number of aliphatic carboxylic acids is 1. The summed E-state index contributed by atoms with van der Waals surface area (Å²) in [5.74, 6) is 5.38. The highest BCUT2D eigenvalue weighted by Gasteiger charge is 2.24. The Morgan fingerprint density at radius 1 is 1.16 bits per heavy atom. The van der Waals surface area contributed by atoms with Gasteiger partial charge in [0, 0.05) is 31.2 Å². The van der Waals surface area contributed by atoms with E-state index in [1.165, 1.54) is 16.8 Å². The van der Waals surface area contributed by atoms with E-state index in [2.05, 4.69) is 64.6 Å². The average molecular weight is 504 g/mol. The topological polar surface area (TPSA) is 105 Å². The molecule has 37 heavy (non-hydrogen) atoms. The summed E-state index contributed by atoms with van der Waals surface area (Å²) in [4.78, 5) is 21.9. The summed E-state index contributed by atoms with van der Waals surface area (Å²) in [6.45, 7) is 9.03. The van der Waals surface area contributed by atoms with Gasteiger partial charge in [-0.1, -0.05) is 42.3 Å². The molecule has 1 aromatic heterocycles. The van der Waals surface area contributed by atoms with Crippen LogP contribution in [0.3, 0.4) is 0 Å². The highest BCUT2D eigenvalue weighted by atomic mass is 16.5. The predicted octanol–water partition coefficient (Wildman–Crippen LogP) is 4.84. The first-order chi connectivity index (χ1) is 17.8. The molecule has 1 aliphatic rings. The van der Waals surface area contributed by atoms with Crippen molar-refractivity contribution in [2.75, 3.05) is 0 Å².